The molecule has 1 unspecified atom stereocenters. The van der Waals surface area contributed by atoms with E-state index in [4.69, 9.17) is 4.74 Å². The number of carbonyl (C=O) groups is 1. The van der Waals surface area contributed by atoms with Gasteiger partial charge in [-0.25, -0.2) is 0 Å². The minimum absolute atomic E-state index is 0.608. The molecular formula is C15H23NO3. The summed E-state index contributed by atoms with van der Waals surface area (Å²) in [6.45, 7) is 5.37. The van der Waals surface area contributed by atoms with Gasteiger partial charge in [0, 0.05) is 0 Å². The first-order valence-corrected chi connectivity index (χ1v) is 6.88. The first-order chi connectivity index (χ1) is 9.19. The van der Waals surface area contributed by atoms with E-state index in [1.165, 1.54) is 0 Å². The average molecular weight is 265 g/mol. The highest BCUT2D eigenvalue weighted by Gasteiger charge is 2.18. The number of hydrogen-bond acceptors (Lipinski definition) is 3. The first-order valence-electron chi connectivity index (χ1n) is 6.88. The topological polar surface area (TPSA) is 58.6 Å². The van der Waals surface area contributed by atoms with Crippen LogP contribution in [0.25, 0.3) is 0 Å². The van der Waals surface area contributed by atoms with Gasteiger partial charge < -0.3 is 15.2 Å². The number of ether oxygens (including phenoxy) is 1. The van der Waals surface area contributed by atoms with Crippen molar-refractivity contribution >= 4 is 5.97 Å². The Morgan fingerprint density at radius 1 is 1.26 bits per heavy atom. The molecule has 4 nitrogen and oxygen atoms in total. The molecule has 2 N–H and O–H groups in total. The molecule has 0 saturated heterocycles. The second-order valence-corrected chi connectivity index (χ2v) is 4.43. The highest BCUT2D eigenvalue weighted by atomic mass is 16.5. The van der Waals surface area contributed by atoms with E-state index in [0.717, 1.165) is 37.1 Å². The lowest BCUT2D eigenvalue weighted by molar-refractivity contribution is -0.139. The summed E-state index contributed by atoms with van der Waals surface area (Å²) in [5, 5.41) is 12.3. The monoisotopic (exact) mass is 265 g/mol. The summed E-state index contributed by atoms with van der Waals surface area (Å²) >= 11 is 0. The van der Waals surface area contributed by atoms with Crippen molar-refractivity contribution in [3.63, 3.8) is 0 Å². The molecule has 0 aromatic heterocycles. The molecule has 0 fully saturated rings. The Kier molecular flexibility index (Phi) is 6.97. The zero-order chi connectivity index (χ0) is 14.1. The van der Waals surface area contributed by atoms with Gasteiger partial charge in [-0.1, -0.05) is 31.9 Å². The van der Waals surface area contributed by atoms with E-state index in [9.17, 15) is 9.90 Å². The summed E-state index contributed by atoms with van der Waals surface area (Å²) in [5.74, 6) is -0.0815. The van der Waals surface area contributed by atoms with Crippen LogP contribution < -0.4 is 10.1 Å². The number of benzene rings is 1. The van der Waals surface area contributed by atoms with Gasteiger partial charge in [0.1, 0.15) is 11.8 Å². The maximum Gasteiger partial charge on any atom is 0.325 e. The highest BCUT2D eigenvalue weighted by Crippen LogP contribution is 2.18. The Labute approximate surface area is 114 Å². The summed E-state index contributed by atoms with van der Waals surface area (Å²) in [4.78, 5) is 11.3. The molecule has 19 heavy (non-hydrogen) atoms. The molecule has 0 radical (unpaired) electrons. The van der Waals surface area contributed by atoms with Gasteiger partial charge in [0.2, 0.25) is 0 Å². The fourth-order valence-corrected chi connectivity index (χ4v) is 1.89. The van der Waals surface area contributed by atoms with Crippen LogP contribution in [0.15, 0.2) is 24.3 Å². The third-order valence-corrected chi connectivity index (χ3v) is 2.90. The van der Waals surface area contributed by atoms with E-state index in [0.29, 0.717) is 6.61 Å². The van der Waals surface area contributed by atoms with Crippen LogP contribution in [0.1, 0.15) is 44.7 Å². The number of aliphatic carboxylic acids is 1. The van der Waals surface area contributed by atoms with Crippen LogP contribution in [0.4, 0.5) is 0 Å². The van der Waals surface area contributed by atoms with Crippen molar-refractivity contribution < 1.29 is 14.6 Å². The van der Waals surface area contributed by atoms with E-state index in [-0.39, 0.29) is 0 Å². The first kappa shape index (κ1) is 15.5. The summed E-state index contributed by atoms with van der Waals surface area (Å²) in [6.07, 6.45) is 3.24. The fraction of sp³-hybridized carbons (Fsp3) is 0.533. The van der Waals surface area contributed by atoms with Gasteiger partial charge in [-0.2, -0.15) is 0 Å². The zero-order valence-corrected chi connectivity index (χ0v) is 11.7. The number of unbranched alkanes of at least 4 members (excludes halogenated alkanes) is 2. The Morgan fingerprint density at radius 2 is 1.95 bits per heavy atom. The lowest BCUT2D eigenvalue weighted by Crippen LogP contribution is -2.29. The molecule has 0 amide bonds. The molecule has 1 aromatic rings. The smallest absolute Gasteiger partial charge is 0.325 e. The molecule has 1 atom stereocenters. The van der Waals surface area contributed by atoms with Crippen molar-refractivity contribution in [3.8, 4) is 5.75 Å². The minimum atomic E-state index is -0.847. The molecule has 0 saturated carbocycles. The van der Waals surface area contributed by atoms with Crippen molar-refractivity contribution in [1.82, 2.24) is 5.32 Å². The Hall–Kier alpha value is -1.55. The maximum absolute atomic E-state index is 11.3. The van der Waals surface area contributed by atoms with Crippen molar-refractivity contribution in [2.75, 3.05) is 13.2 Å². The van der Waals surface area contributed by atoms with E-state index in [1.807, 2.05) is 19.1 Å². The third kappa shape index (κ3) is 5.30. The van der Waals surface area contributed by atoms with Gasteiger partial charge in [0.05, 0.1) is 6.61 Å². The second kappa shape index (κ2) is 8.53. The molecule has 0 spiro atoms. The quantitative estimate of drug-likeness (QED) is 0.674. The summed E-state index contributed by atoms with van der Waals surface area (Å²) in [5.41, 5.74) is 0.757. The lowest BCUT2D eigenvalue weighted by atomic mass is 10.1. The normalized spacial score (nSPS) is 12.1. The molecule has 106 valence electrons. The lowest BCUT2D eigenvalue weighted by Gasteiger charge is -2.15. The van der Waals surface area contributed by atoms with Crippen molar-refractivity contribution in [3.05, 3.63) is 29.8 Å². The SMILES string of the molecule is CCCCCNC(C(=O)O)c1ccc(OCC)cc1. The highest BCUT2D eigenvalue weighted by molar-refractivity contribution is 5.75. The van der Waals surface area contributed by atoms with Gasteiger partial charge in [0.15, 0.2) is 0 Å². The molecule has 0 aliphatic rings. The third-order valence-electron chi connectivity index (χ3n) is 2.90. The summed E-state index contributed by atoms with van der Waals surface area (Å²) in [7, 11) is 0. The van der Waals surface area contributed by atoms with E-state index < -0.39 is 12.0 Å². The van der Waals surface area contributed by atoms with Crippen molar-refractivity contribution in [1.29, 1.82) is 0 Å². The summed E-state index contributed by atoms with van der Waals surface area (Å²) in [6, 6.07) is 6.57. The van der Waals surface area contributed by atoms with Crippen molar-refractivity contribution in [2.24, 2.45) is 0 Å². The maximum atomic E-state index is 11.3. The molecule has 0 bridgehead atoms. The zero-order valence-electron chi connectivity index (χ0n) is 11.7. The molecule has 1 aromatic carbocycles. The molecule has 0 aliphatic carbocycles. The van der Waals surface area contributed by atoms with Crippen LogP contribution in [0.5, 0.6) is 5.75 Å². The minimum Gasteiger partial charge on any atom is -0.494 e. The van der Waals surface area contributed by atoms with E-state index >= 15 is 0 Å². The number of nitrogens with one attached hydrogen (secondary N) is 1. The van der Waals surface area contributed by atoms with Crippen LogP contribution in [0.2, 0.25) is 0 Å². The van der Waals surface area contributed by atoms with Gasteiger partial charge in [-0.05, 0) is 37.6 Å². The molecule has 4 heteroatoms. The van der Waals surface area contributed by atoms with Crippen LogP contribution in [0, 0.1) is 0 Å². The van der Waals surface area contributed by atoms with Gasteiger partial charge in [-0.15, -0.1) is 0 Å². The predicted octanol–water partition coefficient (Wildman–Crippen LogP) is 2.99. The van der Waals surface area contributed by atoms with Crippen LogP contribution in [0.3, 0.4) is 0 Å². The molecular weight excluding hydrogens is 242 g/mol. The molecule has 1 rings (SSSR count). The average Bonchev–Trinajstić information content (AvgIpc) is 2.40. The largest absolute Gasteiger partial charge is 0.494 e. The predicted molar refractivity (Wildman–Crippen MR) is 75.5 cm³/mol. The van der Waals surface area contributed by atoms with Gasteiger partial charge in [-0.3, -0.25) is 4.79 Å². The van der Waals surface area contributed by atoms with Crippen molar-refractivity contribution in [2.45, 2.75) is 39.2 Å². The van der Waals surface area contributed by atoms with Crippen LogP contribution in [-0.4, -0.2) is 24.2 Å². The number of carboxylic acid groups (broad SMARTS) is 1. The standard InChI is InChI=1S/C15H23NO3/c1-3-5-6-11-16-14(15(17)18)12-7-9-13(10-8-12)19-4-2/h7-10,14,16H,3-6,11H2,1-2H3,(H,17,18). The van der Waals surface area contributed by atoms with E-state index in [1.54, 1.807) is 12.1 Å². The molecule has 0 aliphatic heterocycles. The molecule has 0 heterocycles. The van der Waals surface area contributed by atoms with Gasteiger partial charge >= 0.3 is 5.97 Å². The van der Waals surface area contributed by atoms with Crippen LogP contribution >= 0.6 is 0 Å². The van der Waals surface area contributed by atoms with Crippen LogP contribution in [-0.2, 0) is 4.79 Å². The van der Waals surface area contributed by atoms with Gasteiger partial charge in [0.25, 0.3) is 0 Å². The Morgan fingerprint density at radius 3 is 2.47 bits per heavy atom. The number of carboxylic acids is 1. The Bertz CT molecular complexity index is 375. The number of rotatable bonds is 9. The fourth-order valence-electron chi connectivity index (χ4n) is 1.89. The second-order valence-electron chi connectivity index (χ2n) is 4.43. The summed E-state index contributed by atoms with van der Waals surface area (Å²) < 4.78 is 5.35. The van der Waals surface area contributed by atoms with E-state index in [2.05, 4.69) is 12.2 Å². The number of hydrogen-bond donors (Lipinski definition) is 2. The Balaban J connectivity index is 2.62.